The molecule has 2 unspecified atom stereocenters. The van der Waals surface area contributed by atoms with Crippen LogP contribution in [-0.2, 0) is 6.42 Å². The Balaban J connectivity index is 1.78. The van der Waals surface area contributed by atoms with Gasteiger partial charge in [0.25, 0.3) is 0 Å². The molecular formula is C15H22BrNS. The number of hydrogen-bond donors (Lipinski definition) is 1. The van der Waals surface area contributed by atoms with Crippen LogP contribution in [0.3, 0.4) is 0 Å². The van der Waals surface area contributed by atoms with Crippen molar-refractivity contribution in [3.8, 4) is 0 Å². The number of rotatable bonds is 5. The molecule has 3 heteroatoms. The van der Waals surface area contributed by atoms with Gasteiger partial charge in [-0.15, -0.1) is 0 Å². The molecule has 0 radical (unpaired) electrons. The normalized spacial score (nSPS) is 25.3. The van der Waals surface area contributed by atoms with Crippen molar-refractivity contribution >= 4 is 27.7 Å². The highest BCUT2D eigenvalue weighted by Crippen LogP contribution is 2.37. The van der Waals surface area contributed by atoms with Crippen molar-refractivity contribution in [2.24, 2.45) is 0 Å². The molecule has 1 fully saturated rings. The summed E-state index contributed by atoms with van der Waals surface area (Å²) >= 11 is 5.60. The molecule has 0 aromatic heterocycles. The van der Waals surface area contributed by atoms with Gasteiger partial charge in [0.1, 0.15) is 0 Å². The van der Waals surface area contributed by atoms with Gasteiger partial charge < -0.3 is 5.32 Å². The van der Waals surface area contributed by atoms with Crippen LogP contribution < -0.4 is 5.32 Å². The van der Waals surface area contributed by atoms with E-state index in [2.05, 4.69) is 71.1 Å². The van der Waals surface area contributed by atoms with Gasteiger partial charge in [0.2, 0.25) is 0 Å². The lowest BCUT2D eigenvalue weighted by atomic mass is 10.0. The standard InChI is InChI=1S/C15H22BrNS/c1-12(10-13-4-6-14(16)7-5-13)17-11-15(2)8-3-9-18-15/h4-7,12,17H,3,8-11H2,1-2H3. The summed E-state index contributed by atoms with van der Waals surface area (Å²) in [5.41, 5.74) is 1.41. The van der Waals surface area contributed by atoms with Crippen LogP contribution in [0.2, 0.25) is 0 Å². The van der Waals surface area contributed by atoms with Gasteiger partial charge in [-0.1, -0.05) is 28.1 Å². The quantitative estimate of drug-likeness (QED) is 0.867. The van der Waals surface area contributed by atoms with Gasteiger partial charge in [0.15, 0.2) is 0 Å². The summed E-state index contributed by atoms with van der Waals surface area (Å²) in [6.45, 7) is 5.81. The van der Waals surface area contributed by atoms with Gasteiger partial charge in [-0.3, -0.25) is 0 Å². The van der Waals surface area contributed by atoms with Gasteiger partial charge in [0, 0.05) is 21.8 Å². The summed E-state index contributed by atoms with van der Waals surface area (Å²) in [5.74, 6) is 1.33. The van der Waals surface area contributed by atoms with Crippen molar-refractivity contribution < 1.29 is 0 Å². The van der Waals surface area contributed by atoms with Crippen LogP contribution >= 0.6 is 27.7 Å². The van der Waals surface area contributed by atoms with Crippen LogP contribution in [0, 0.1) is 0 Å². The number of thioether (sulfide) groups is 1. The summed E-state index contributed by atoms with van der Waals surface area (Å²) in [6, 6.07) is 9.19. The molecule has 2 rings (SSSR count). The average Bonchev–Trinajstić information content (AvgIpc) is 2.78. The zero-order valence-corrected chi connectivity index (χ0v) is 13.6. The highest BCUT2D eigenvalue weighted by molar-refractivity contribution is 9.10. The van der Waals surface area contributed by atoms with Gasteiger partial charge in [-0.25, -0.2) is 0 Å². The molecule has 18 heavy (non-hydrogen) atoms. The Morgan fingerprint density at radius 3 is 2.72 bits per heavy atom. The first-order valence-corrected chi connectivity index (χ1v) is 8.47. The van der Waals surface area contributed by atoms with Crippen molar-refractivity contribution in [2.45, 2.75) is 43.9 Å². The Kier molecular flexibility index (Phi) is 5.16. The highest BCUT2D eigenvalue weighted by atomic mass is 79.9. The highest BCUT2D eigenvalue weighted by Gasteiger charge is 2.29. The molecule has 1 N–H and O–H groups in total. The van der Waals surface area contributed by atoms with Crippen molar-refractivity contribution in [3.05, 3.63) is 34.3 Å². The van der Waals surface area contributed by atoms with E-state index in [1.54, 1.807) is 0 Å². The van der Waals surface area contributed by atoms with Gasteiger partial charge in [0.05, 0.1) is 0 Å². The zero-order chi connectivity index (χ0) is 13.0. The Morgan fingerprint density at radius 1 is 1.39 bits per heavy atom. The third-order valence-electron chi connectivity index (χ3n) is 3.58. The fraction of sp³-hybridized carbons (Fsp3) is 0.600. The fourth-order valence-corrected chi connectivity index (χ4v) is 3.93. The molecule has 2 atom stereocenters. The monoisotopic (exact) mass is 327 g/mol. The lowest BCUT2D eigenvalue weighted by Crippen LogP contribution is -2.38. The molecule has 0 aliphatic carbocycles. The van der Waals surface area contributed by atoms with Crippen molar-refractivity contribution in [2.75, 3.05) is 12.3 Å². The van der Waals surface area contributed by atoms with Crippen LogP contribution in [-0.4, -0.2) is 23.1 Å². The van der Waals surface area contributed by atoms with E-state index < -0.39 is 0 Å². The maximum atomic E-state index is 3.70. The minimum Gasteiger partial charge on any atom is -0.313 e. The predicted octanol–water partition coefficient (Wildman–Crippen LogP) is 4.26. The maximum Gasteiger partial charge on any atom is 0.0256 e. The maximum absolute atomic E-state index is 3.70. The van der Waals surface area contributed by atoms with Gasteiger partial charge in [-0.2, -0.15) is 11.8 Å². The molecule has 0 saturated carbocycles. The second kappa shape index (κ2) is 6.44. The lowest BCUT2D eigenvalue weighted by molar-refractivity contribution is 0.478. The number of benzene rings is 1. The molecular weight excluding hydrogens is 306 g/mol. The summed E-state index contributed by atoms with van der Waals surface area (Å²) < 4.78 is 1.62. The Hall–Kier alpha value is 0.01000. The van der Waals surface area contributed by atoms with Gasteiger partial charge in [-0.05, 0) is 56.6 Å². The van der Waals surface area contributed by atoms with E-state index in [9.17, 15) is 0 Å². The summed E-state index contributed by atoms with van der Waals surface area (Å²) in [7, 11) is 0. The minimum absolute atomic E-state index is 0.466. The topological polar surface area (TPSA) is 12.0 Å². The predicted molar refractivity (Wildman–Crippen MR) is 85.4 cm³/mol. The largest absolute Gasteiger partial charge is 0.313 e. The van der Waals surface area contributed by atoms with E-state index in [0.717, 1.165) is 17.4 Å². The minimum atomic E-state index is 0.466. The first kappa shape index (κ1) is 14.4. The molecule has 1 aromatic rings. The summed E-state index contributed by atoms with van der Waals surface area (Å²) in [6.07, 6.45) is 3.84. The zero-order valence-electron chi connectivity index (χ0n) is 11.2. The molecule has 1 aromatic carbocycles. The van der Waals surface area contributed by atoms with Gasteiger partial charge >= 0.3 is 0 Å². The molecule has 1 aliphatic rings. The SMILES string of the molecule is CC(Cc1ccc(Br)cc1)NCC1(C)CCCS1. The van der Waals surface area contributed by atoms with Crippen LogP contribution in [0.1, 0.15) is 32.3 Å². The molecule has 100 valence electrons. The van der Waals surface area contributed by atoms with Crippen LogP contribution in [0.4, 0.5) is 0 Å². The number of nitrogens with one attached hydrogen (secondary N) is 1. The number of halogens is 1. The fourth-order valence-electron chi connectivity index (χ4n) is 2.41. The van der Waals surface area contributed by atoms with E-state index in [4.69, 9.17) is 0 Å². The smallest absolute Gasteiger partial charge is 0.0256 e. The Morgan fingerprint density at radius 2 is 2.11 bits per heavy atom. The van der Waals surface area contributed by atoms with Crippen molar-refractivity contribution in [1.29, 1.82) is 0 Å². The third kappa shape index (κ3) is 4.29. The molecule has 0 spiro atoms. The van der Waals surface area contributed by atoms with E-state index >= 15 is 0 Å². The van der Waals surface area contributed by atoms with E-state index in [1.807, 2.05) is 0 Å². The van der Waals surface area contributed by atoms with Crippen molar-refractivity contribution in [1.82, 2.24) is 5.32 Å². The molecule has 1 heterocycles. The Bertz CT molecular complexity index is 371. The van der Waals surface area contributed by atoms with Crippen molar-refractivity contribution in [3.63, 3.8) is 0 Å². The van der Waals surface area contributed by atoms with E-state index in [0.29, 0.717) is 10.8 Å². The summed E-state index contributed by atoms with van der Waals surface area (Å²) in [5, 5.41) is 3.70. The van der Waals surface area contributed by atoms with Crippen LogP contribution in [0.25, 0.3) is 0 Å². The Labute approximate surface area is 123 Å². The molecule has 1 saturated heterocycles. The van der Waals surface area contributed by atoms with Crippen LogP contribution in [0.5, 0.6) is 0 Å². The number of hydrogen-bond acceptors (Lipinski definition) is 2. The van der Waals surface area contributed by atoms with E-state index in [1.165, 1.54) is 24.2 Å². The first-order chi connectivity index (χ1) is 8.57. The second-order valence-electron chi connectivity index (χ2n) is 5.51. The molecule has 1 aliphatic heterocycles. The lowest BCUT2D eigenvalue weighted by Gasteiger charge is -2.25. The third-order valence-corrected chi connectivity index (χ3v) is 5.65. The molecule has 0 amide bonds. The first-order valence-electron chi connectivity index (χ1n) is 6.69. The second-order valence-corrected chi connectivity index (χ2v) is 8.11. The summed E-state index contributed by atoms with van der Waals surface area (Å²) in [4.78, 5) is 0. The molecule has 0 bridgehead atoms. The van der Waals surface area contributed by atoms with Crippen LogP contribution in [0.15, 0.2) is 28.7 Å². The average molecular weight is 328 g/mol. The molecule has 1 nitrogen and oxygen atoms in total. The van der Waals surface area contributed by atoms with E-state index in [-0.39, 0.29) is 0 Å².